The Morgan fingerprint density at radius 2 is 0.892 bits per heavy atom. The minimum absolute atomic E-state index is 0.425. The minimum Gasteiger partial charge on any atom is -0.459 e. The Balaban J connectivity index is 2.79. The lowest BCUT2D eigenvalue weighted by Gasteiger charge is -2.30. The van der Waals surface area contributed by atoms with Gasteiger partial charge in [-0.3, -0.25) is 14.6 Å². The quantitative estimate of drug-likeness (QED) is 0.211. The van der Waals surface area contributed by atoms with Gasteiger partial charge in [0.2, 0.25) is 0 Å². The summed E-state index contributed by atoms with van der Waals surface area (Å²) in [5.74, 6) is -4.35. The highest BCUT2D eigenvalue weighted by atomic mass is 16.6. The molecule has 0 aromatic heterocycles. The molecule has 37 heavy (non-hydrogen) atoms. The van der Waals surface area contributed by atoms with E-state index in [1.165, 1.54) is 0 Å². The number of nitrogens with zero attached hydrogens (tertiary/aromatic N) is 1. The van der Waals surface area contributed by atoms with Gasteiger partial charge in [0.05, 0.1) is 5.71 Å². The van der Waals surface area contributed by atoms with Gasteiger partial charge in [0, 0.05) is 11.1 Å². The van der Waals surface area contributed by atoms with Gasteiger partial charge in [-0.15, -0.1) is 0 Å². The number of rotatable bonds is 7. The second-order valence-corrected chi connectivity index (χ2v) is 11.7. The first-order valence-electron chi connectivity index (χ1n) is 12.3. The van der Waals surface area contributed by atoms with Crippen LogP contribution in [-0.4, -0.2) is 46.5 Å². The maximum Gasteiger partial charge on any atom is 0.332 e. The maximum atomic E-state index is 13.6. The van der Waals surface area contributed by atoms with Gasteiger partial charge in [0.25, 0.3) is 0 Å². The van der Waals surface area contributed by atoms with Crippen LogP contribution in [0.3, 0.4) is 0 Å². The third kappa shape index (κ3) is 9.83. The zero-order chi connectivity index (χ0) is 28.0. The van der Waals surface area contributed by atoms with Crippen molar-refractivity contribution in [2.24, 2.45) is 10.9 Å². The van der Waals surface area contributed by atoms with Crippen molar-refractivity contribution in [3.8, 4) is 0 Å². The second-order valence-electron chi connectivity index (χ2n) is 11.7. The van der Waals surface area contributed by atoms with E-state index in [9.17, 15) is 14.4 Å². The van der Waals surface area contributed by atoms with E-state index >= 15 is 0 Å². The Bertz CT molecular complexity index is 1030. The molecule has 0 unspecified atom stereocenters. The molecule has 0 spiro atoms. The first-order chi connectivity index (χ1) is 17.0. The number of aliphatic imine (C=N–C) groups is 1. The van der Waals surface area contributed by atoms with Crippen molar-refractivity contribution >= 4 is 23.6 Å². The number of esters is 3. The van der Waals surface area contributed by atoms with Crippen LogP contribution in [0, 0.1) is 5.92 Å². The van der Waals surface area contributed by atoms with Crippen molar-refractivity contribution in [1.29, 1.82) is 0 Å². The molecule has 200 valence electrons. The number of benzene rings is 2. The Hall–Kier alpha value is -3.48. The highest BCUT2D eigenvalue weighted by molar-refractivity contribution is 6.14. The lowest BCUT2D eigenvalue weighted by molar-refractivity contribution is -0.181. The van der Waals surface area contributed by atoms with Crippen LogP contribution in [0.5, 0.6) is 0 Å². The molecule has 2 aromatic carbocycles. The molecule has 0 aliphatic rings. The van der Waals surface area contributed by atoms with Crippen LogP contribution < -0.4 is 0 Å². The SMILES string of the molecule is CC(C)(C)OC(=O)C(C(=O)OC(C)(C)C)[C@H](N=C(c1ccccc1)c1ccccc1)C(=O)OC(C)(C)C. The van der Waals surface area contributed by atoms with Crippen molar-refractivity contribution in [3.05, 3.63) is 71.8 Å². The molecular formula is C30H39NO6. The molecule has 1 atom stereocenters. The third-order valence-electron chi connectivity index (χ3n) is 4.65. The monoisotopic (exact) mass is 509 g/mol. The predicted molar refractivity (Wildman–Crippen MR) is 143 cm³/mol. The summed E-state index contributed by atoms with van der Waals surface area (Å²) in [5, 5.41) is 0. The van der Waals surface area contributed by atoms with Crippen LogP contribution in [0.2, 0.25) is 0 Å². The first-order valence-corrected chi connectivity index (χ1v) is 12.3. The zero-order valence-corrected chi connectivity index (χ0v) is 23.3. The minimum atomic E-state index is -1.68. The summed E-state index contributed by atoms with van der Waals surface area (Å²) < 4.78 is 16.8. The molecule has 0 heterocycles. The van der Waals surface area contributed by atoms with Gasteiger partial charge < -0.3 is 14.2 Å². The average molecular weight is 510 g/mol. The molecule has 0 radical (unpaired) electrons. The van der Waals surface area contributed by atoms with Crippen LogP contribution in [0.1, 0.15) is 73.4 Å². The number of ether oxygens (including phenoxy) is 3. The van der Waals surface area contributed by atoms with Gasteiger partial charge in [0.1, 0.15) is 16.8 Å². The van der Waals surface area contributed by atoms with E-state index in [0.717, 1.165) is 0 Å². The summed E-state index contributed by atoms with van der Waals surface area (Å²) in [6.45, 7) is 15.2. The smallest absolute Gasteiger partial charge is 0.332 e. The molecule has 0 bridgehead atoms. The number of hydrogen-bond acceptors (Lipinski definition) is 7. The summed E-state index contributed by atoms with van der Waals surface area (Å²) >= 11 is 0. The van der Waals surface area contributed by atoms with E-state index in [4.69, 9.17) is 19.2 Å². The molecular weight excluding hydrogens is 470 g/mol. The van der Waals surface area contributed by atoms with E-state index in [-0.39, 0.29) is 0 Å². The molecule has 2 aromatic rings. The fourth-order valence-corrected chi connectivity index (χ4v) is 3.36. The van der Waals surface area contributed by atoms with Crippen molar-refractivity contribution in [2.45, 2.75) is 85.2 Å². The topological polar surface area (TPSA) is 91.3 Å². The van der Waals surface area contributed by atoms with Crippen LogP contribution in [-0.2, 0) is 28.6 Å². The summed E-state index contributed by atoms with van der Waals surface area (Å²) in [5.41, 5.74) is -0.891. The van der Waals surface area contributed by atoms with Gasteiger partial charge in [-0.2, -0.15) is 0 Å². The average Bonchev–Trinajstić information content (AvgIpc) is 2.73. The fraction of sp³-hybridized carbons (Fsp3) is 0.467. The molecule has 0 saturated heterocycles. The molecule has 0 N–H and O–H groups in total. The molecule has 7 heteroatoms. The van der Waals surface area contributed by atoms with Crippen LogP contribution in [0.4, 0.5) is 0 Å². The second kappa shape index (κ2) is 11.7. The van der Waals surface area contributed by atoms with E-state index in [0.29, 0.717) is 16.8 Å². The molecule has 0 saturated carbocycles. The zero-order valence-electron chi connectivity index (χ0n) is 23.3. The largest absolute Gasteiger partial charge is 0.459 e. The standard InChI is InChI=1S/C30H39NO6/c1-28(2,3)35-25(32)22(26(33)36-29(4,5)6)24(27(34)37-30(7,8)9)31-23(20-16-12-10-13-17-20)21-18-14-11-15-19-21/h10-19,22,24H,1-9H3/t24-/m0/s1. The van der Waals surface area contributed by atoms with Gasteiger partial charge in [-0.1, -0.05) is 60.7 Å². The summed E-state index contributed by atoms with van der Waals surface area (Å²) in [7, 11) is 0. The fourth-order valence-electron chi connectivity index (χ4n) is 3.36. The van der Waals surface area contributed by atoms with Crippen molar-refractivity contribution in [2.75, 3.05) is 0 Å². The van der Waals surface area contributed by atoms with Crippen LogP contribution in [0.25, 0.3) is 0 Å². The Kier molecular flexibility index (Phi) is 9.42. The van der Waals surface area contributed by atoms with Crippen molar-refractivity contribution in [1.82, 2.24) is 0 Å². The summed E-state index contributed by atoms with van der Waals surface area (Å²) in [6, 6.07) is 16.9. The molecule has 0 aliphatic heterocycles. The Morgan fingerprint density at radius 3 is 1.22 bits per heavy atom. The number of carbonyl (C=O) groups excluding carboxylic acids is 3. The van der Waals surface area contributed by atoms with Gasteiger partial charge in [-0.05, 0) is 62.3 Å². The lowest BCUT2D eigenvalue weighted by atomic mass is 9.96. The van der Waals surface area contributed by atoms with E-state index in [1.807, 2.05) is 60.7 Å². The predicted octanol–water partition coefficient (Wildman–Crippen LogP) is 5.53. The number of hydrogen-bond donors (Lipinski definition) is 0. The van der Waals surface area contributed by atoms with E-state index in [1.54, 1.807) is 62.3 Å². The van der Waals surface area contributed by atoms with Gasteiger partial charge in [-0.25, -0.2) is 4.79 Å². The normalized spacial score (nSPS) is 12.9. The van der Waals surface area contributed by atoms with Crippen LogP contribution >= 0.6 is 0 Å². The third-order valence-corrected chi connectivity index (χ3v) is 4.65. The maximum absolute atomic E-state index is 13.6. The molecule has 0 amide bonds. The molecule has 0 aliphatic carbocycles. The van der Waals surface area contributed by atoms with E-state index in [2.05, 4.69) is 0 Å². The Morgan fingerprint density at radius 1 is 0.568 bits per heavy atom. The number of carbonyl (C=O) groups is 3. The highest BCUT2D eigenvalue weighted by Crippen LogP contribution is 2.25. The van der Waals surface area contributed by atoms with Gasteiger partial charge in [0.15, 0.2) is 12.0 Å². The van der Waals surface area contributed by atoms with Crippen LogP contribution in [0.15, 0.2) is 65.7 Å². The van der Waals surface area contributed by atoms with Gasteiger partial charge >= 0.3 is 17.9 Å². The van der Waals surface area contributed by atoms with Crippen molar-refractivity contribution < 1.29 is 28.6 Å². The van der Waals surface area contributed by atoms with E-state index < -0.39 is 46.7 Å². The Labute approximate surface area is 220 Å². The molecule has 0 fully saturated rings. The highest BCUT2D eigenvalue weighted by Gasteiger charge is 2.46. The molecule has 2 rings (SSSR count). The van der Waals surface area contributed by atoms with Crippen molar-refractivity contribution in [3.63, 3.8) is 0 Å². The summed E-state index contributed by atoms with van der Waals surface area (Å²) in [4.78, 5) is 45.2. The lowest BCUT2D eigenvalue weighted by Crippen LogP contribution is -2.47. The summed E-state index contributed by atoms with van der Waals surface area (Å²) in [6.07, 6.45) is 0. The molecule has 7 nitrogen and oxygen atoms in total. The first kappa shape index (κ1) is 29.7.